The number of benzene rings is 1. The second-order valence-electron chi connectivity index (χ2n) is 6.35. The molecule has 118 valence electrons. The molecule has 0 aromatic heterocycles. The summed E-state index contributed by atoms with van der Waals surface area (Å²) in [5.41, 5.74) is 8.42. The molecule has 0 saturated carbocycles. The summed E-state index contributed by atoms with van der Waals surface area (Å²) < 4.78 is 5.52. The van der Waals surface area contributed by atoms with Crippen molar-refractivity contribution in [1.29, 1.82) is 0 Å². The molecule has 0 amide bonds. The van der Waals surface area contributed by atoms with Crippen molar-refractivity contribution in [2.75, 3.05) is 34.3 Å². The van der Waals surface area contributed by atoms with E-state index in [2.05, 4.69) is 36.0 Å². The van der Waals surface area contributed by atoms with E-state index in [0.29, 0.717) is 6.04 Å². The maximum absolute atomic E-state index is 6.01. The van der Waals surface area contributed by atoms with Gasteiger partial charge < -0.3 is 15.4 Å². The summed E-state index contributed by atoms with van der Waals surface area (Å²) in [6.45, 7) is 5.25. The van der Waals surface area contributed by atoms with Crippen LogP contribution in [0, 0.1) is 0 Å². The molecule has 1 fully saturated rings. The van der Waals surface area contributed by atoms with Gasteiger partial charge in [-0.15, -0.1) is 0 Å². The molecule has 2 rings (SSSR count). The monoisotopic (exact) mass is 291 g/mol. The Hall–Kier alpha value is -1.10. The third-order valence-electron chi connectivity index (χ3n) is 4.44. The molecule has 1 saturated heterocycles. The zero-order valence-corrected chi connectivity index (χ0v) is 13.8. The standard InChI is InChI=1S/C17H29N3O/c1-13(18)14-7-8-17(21-4)15(10-14)11-20-9-5-6-16(12-20)19(2)3/h7-8,10,13,16H,5-6,9,11-12,18H2,1-4H3. The molecular formula is C17H29N3O. The third-order valence-corrected chi connectivity index (χ3v) is 4.44. The lowest BCUT2D eigenvalue weighted by Gasteiger charge is -2.36. The molecule has 4 nitrogen and oxygen atoms in total. The highest BCUT2D eigenvalue weighted by atomic mass is 16.5. The Balaban J connectivity index is 2.12. The van der Waals surface area contributed by atoms with Crippen LogP contribution in [0.1, 0.15) is 36.9 Å². The van der Waals surface area contributed by atoms with E-state index in [4.69, 9.17) is 10.5 Å². The van der Waals surface area contributed by atoms with Crippen LogP contribution < -0.4 is 10.5 Å². The highest BCUT2D eigenvalue weighted by Gasteiger charge is 2.22. The van der Waals surface area contributed by atoms with Gasteiger partial charge in [0.25, 0.3) is 0 Å². The van der Waals surface area contributed by atoms with Crippen molar-refractivity contribution in [3.63, 3.8) is 0 Å². The smallest absolute Gasteiger partial charge is 0.123 e. The maximum Gasteiger partial charge on any atom is 0.123 e. The number of hydrogen-bond acceptors (Lipinski definition) is 4. The quantitative estimate of drug-likeness (QED) is 0.903. The molecule has 2 N–H and O–H groups in total. The van der Waals surface area contributed by atoms with Gasteiger partial charge >= 0.3 is 0 Å². The Morgan fingerprint density at radius 1 is 1.43 bits per heavy atom. The van der Waals surface area contributed by atoms with Gasteiger partial charge in [-0.3, -0.25) is 4.90 Å². The summed E-state index contributed by atoms with van der Waals surface area (Å²) in [6, 6.07) is 7.02. The Bertz CT molecular complexity index is 459. The van der Waals surface area contributed by atoms with E-state index in [1.54, 1.807) is 7.11 Å². The van der Waals surface area contributed by atoms with Crippen LogP contribution in [-0.2, 0) is 6.54 Å². The first-order valence-corrected chi connectivity index (χ1v) is 7.82. The van der Waals surface area contributed by atoms with E-state index in [-0.39, 0.29) is 6.04 Å². The molecule has 1 aliphatic heterocycles. The van der Waals surface area contributed by atoms with E-state index in [0.717, 1.165) is 25.4 Å². The Morgan fingerprint density at radius 3 is 2.81 bits per heavy atom. The van der Waals surface area contributed by atoms with Gasteiger partial charge in [0, 0.05) is 30.7 Å². The van der Waals surface area contributed by atoms with Gasteiger partial charge in [-0.25, -0.2) is 0 Å². The average molecular weight is 291 g/mol. The number of piperidine rings is 1. The van der Waals surface area contributed by atoms with Crippen molar-refractivity contribution in [2.45, 2.75) is 38.4 Å². The molecule has 4 heteroatoms. The lowest BCUT2D eigenvalue weighted by molar-refractivity contribution is 0.127. The van der Waals surface area contributed by atoms with Crippen LogP contribution >= 0.6 is 0 Å². The number of ether oxygens (including phenoxy) is 1. The SMILES string of the molecule is COc1ccc(C(C)N)cc1CN1CCCC(N(C)C)C1. The molecule has 21 heavy (non-hydrogen) atoms. The molecule has 0 spiro atoms. The van der Waals surface area contributed by atoms with Crippen molar-refractivity contribution < 1.29 is 4.74 Å². The fourth-order valence-electron chi connectivity index (χ4n) is 3.04. The van der Waals surface area contributed by atoms with E-state index >= 15 is 0 Å². The van der Waals surface area contributed by atoms with E-state index < -0.39 is 0 Å². The van der Waals surface area contributed by atoms with Gasteiger partial charge in [0.2, 0.25) is 0 Å². The van der Waals surface area contributed by atoms with Crippen LogP contribution in [-0.4, -0.2) is 50.1 Å². The minimum Gasteiger partial charge on any atom is -0.496 e. The fourth-order valence-corrected chi connectivity index (χ4v) is 3.04. The molecule has 1 aromatic carbocycles. The van der Waals surface area contributed by atoms with Gasteiger partial charge in [0.05, 0.1) is 7.11 Å². The number of rotatable bonds is 5. The summed E-state index contributed by atoms with van der Waals surface area (Å²) in [4.78, 5) is 4.86. The van der Waals surface area contributed by atoms with Crippen molar-refractivity contribution in [3.05, 3.63) is 29.3 Å². The number of hydrogen-bond donors (Lipinski definition) is 1. The van der Waals surface area contributed by atoms with E-state index in [9.17, 15) is 0 Å². The molecule has 0 aliphatic carbocycles. The third kappa shape index (κ3) is 4.19. The Morgan fingerprint density at radius 2 is 2.19 bits per heavy atom. The molecule has 2 unspecified atom stereocenters. The predicted octanol–water partition coefficient (Wildman–Crippen LogP) is 2.24. The lowest BCUT2D eigenvalue weighted by atomic mass is 10.0. The Kier molecular flexibility index (Phi) is 5.62. The van der Waals surface area contributed by atoms with Crippen LogP contribution in [0.25, 0.3) is 0 Å². The van der Waals surface area contributed by atoms with E-state index in [1.165, 1.54) is 24.0 Å². The van der Waals surface area contributed by atoms with Crippen LogP contribution in [0.15, 0.2) is 18.2 Å². The summed E-state index contributed by atoms with van der Waals surface area (Å²) in [7, 11) is 6.08. The lowest BCUT2D eigenvalue weighted by Crippen LogP contribution is -2.44. The summed E-state index contributed by atoms with van der Waals surface area (Å²) >= 11 is 0. The fraction of sp³-hybridized carbons (Fsp3) is 0.647. The first-order chi connectivity index (χ1) is 10.0. The first kappa shape index (κ1) is 16.3. The van der Waals surface area contributed by atoms with Crippen molar-refractivity contribution in [1.82, 2.24) is 9.80 Å². The molecule has 1 heterocycles. The molecule has 2 atom stereocenters. The van der Waals surface area contributed by atoms with Gasteiger partial charge in [-0.05, 0) is 58.1 Å². The molecule has 0 bridgehead atoms. The average Bonchev–Trinajstić information content (AvgIpc) is 2.47. The minimum absolute atomic E-state index is 0.0607. The minimum atomic E-state index is 0.0607. The van der Waals surface area contributed by atoms with Crippen LogP contribution in [0.4, 0.5) is 0 Å². The number of nitrogens with zero attached hydrogens (tertiary/aromatic N) is 2. The van der Waals surface area contributed by atoms with Crippen LogP contribution in [0.2, 0.25) is 0 Å². The van der Waals surface area contributed by atoms with Crippen LogP contribution in [0.5, 0.6) is 5.75 Å². The maximum atomic E-state index is 6.01. The topological polar surface area (TPSA) is 41.7 Å². The van der Waals surface area contributed by atoms with Crippen molar-refractivity contribution in [2.24, 2.45) is 5.73 Å². The van der Waals surface area contributed by atoms with Crippen molar-refractivity contribution >= 4 is 0 Å². The van der Waals surface area contributed by atoms with E-state index in [1.807, 2.05) is 13.0 Å². The highest BCUT2D eigenvalue weighted by Crippen LogP contribution is 2.25. The first-order valence-electron chi connectivity index (χ1n) is 7.82. The van der Waals surface area contributed by atoms with Gasteiger partial charge in [0.15, 0.2) is 0 Å². The second kappa shape index (κ2) is 7.25. The number of likely N-dealkylation sites (tertiary alicyclic amines) is 1. The predicted molar refractivity (Wildman–Crippen MR) is 87.6 cm³/mol. The zero-order chi connectivity index (χ0) is 15.4. The van der Waals surface area contributed by atoms with Gasteiger partial charge in [-0.2, -0.15) is 0 Å². The van der Waals surface area contributed by atoms with Gasteiger partial charge in [-0.1, -0.05) is 6.07 Å². The normalized spacial score (nSPS) is 21.5. The van der Waals surface area contributed by atoms with Crippen LogP contribution in [0.3, 0.4) is 0 Å². The summed E-state index contributed by atoms with van der Waals surface area (Å²) in [6.07, 6.45) is 2.55. The molecule has 0 radical (unpaired) electrons. The molecule has 1 aliphatic rings. The molecule has 1 aromatic rings. The van der Waals surface area contributed by atoms with Crippen molar-refractivity contribution in [3.8, 4) is 5.75 Å². The highest BCUT2D eigenvalue weighted by molar-refractivity contribution is 5.38. The summed E-state index contributed by atoms with van der Waals surface area (Å²) in [5, 5.41) is 0. The largest absolute Gasteiger partial charge is 0.496 e. The molecular weight excluding hydrogens is 262 g/mol. The van der Waals surface area contributed by atoms with Gasteiger partial charge in [0.1, 0.15) is 5.75 Å². The number of methoxy groups -OCH3 is 1. The summed E-state index contributed by atoms with van der Waals surface area (Å²) in [5.74, 6) is 0.964. The second-order valence-corrected chi connectivity index (χ2v) is 6.35. The number of nitrogens with two attached hydrogens (primary N) is 1. The number of likely N-dealkylation sites (N-methyl/N-ethyl adjacent to an activating group) is 1. The zero-order valence-electron chi connectivity index (χ0n) is 13.8. The Labute approximate surface area is 128 Å².